The van der Waals surface area contributed by atoms with Crippen LogP contribution >= 0.6 is 0 Å². The first-order valence-corrected chi connectivity index (χ1v) is 7.62. The van der Waals surface area contributed by atoms with Gasteiger partial charge in [-0.25, -0.2) is 0 Å². The highest BCUT2D eigenvalue weighted by Gasteiger charge is 2.22. The lowest BCUT2D eigenvalue weighted by atomic mass is 10.1. The first-order chi connectivity index (χ1) is 10.5. The van der Waals surface area contributed by atoms with Crippen LogP contribution < -0.4 is 0 Å². The Bertz CT molecular complexity index is 501. The molecule has 1 unspecified atom stereocenters. The van der Waals surface area contributed by atoms with Crippen LogP contribution in [0, 0.1) is 12.8 Å². The van der Waals surface area contributed by atoms with Gasteiger partial charge in [0.15, 0.2) is 0 Å². The van der Waals surface area contributed by atoms with E-state index in [9.17, 15) is 9.59 Å². The van der Waals surface area contributed by atoms with Crippen LogP contribution in [0.2, 0.25) is 0 Å². The molecule has 0 aliphatic heterocycles. The fourth-order valence-electron chi connectivity index (χ4n) is 2.17. The maximum absolute atomic E-state index is 12.7. The number of carboxylic acid groups (broad SMARTS) is 1. The molecule has 1 aromatic carbocycles. The Balaban J connectivity index is 2.81. The molecular formula is C17H25NO4. The van der Waals surface area contributed by atoms with E-state index < -0.39 is 11.9 Å². The predicted octanol–water partition coefficient (Wildman–Crippen LogP) is 2.58. The van der Waals surface area contributed by atoms with E-state index in [2.05, 4.69) is 0 Å². The number of rotatable bonds is 9. The average molecular weight is 307 g/mol. The third-order valence-electron chi connectivity index (χ3n) is 3.50. The van der Waals surface area contributed by atoms with Crippen molar-refractivity contribution >= 4 is 11.9 Å². The SMILES string of the molecule is CCOCCCN(CC(C)C(=O)O)C(=O)c1ccccc1C. The van der Waals surface area contributed by atoms with Gasteiger partial charge in [0.1, 0.15) is 0 Å². The van der Waals surface area contributed by atoms with Crippen molar-refractivity contribution < 1.29 is 19.4 Å². The molecule has 1 amide bonds. The number of ether oxygens (including phenoxy) is 1. The zero-order valence-electron chi connectivity index (χ0n) is 13.5. The summed E-state index contributed by atoms with van der Waals surface area (Å²) in [5.41, 5.74) is 1.52. The van der Waals surface area contributed by atoms with Crippen molar-refractivity contribution in [2.24, 2.45) is 5.92 Å². The number of carbonyl (C=O) groups excluding carboxylic acids is 1. The highest BCUT2D eigenvalue weighted by molar-refractivity contribution is 5.95. The van der Waals surface area contributed by atoms with Crippen molar-refractivity contribution in [1.82, 2.24) is 4.90 Å². The largest absolute Gasteiger partial charge is 0.481 e. The molecule has 1 N–H and O–H groups in total. The van der Waals surface area contributed by atoms with E-state index in [0.29, 0.717) is 31.7 Å². The smallest absolute Gasteiger partial charge is 0.308 e. The fourth-order valence-corrected chi connectivity index (χ4v) is 2.17. The van der Waals surface area contributed by atoms with Crippen LogP contribution in [0.15, 0.2) is 24.3 Å². The summed E-state index contributed by atoms with van der Waals surface area (Å²) in [6, 6.07) is 7.36. The first-order valence-electron chi connectivity index (χ1n) is 7.62. The second-order valence-corrected chi connectivity index (χ2v) is 5.36. The monoisotopic (exact) mass is 307 g/mol. The van der Waals surface area contributed by atoms with Gasteiger partial charge in [-0.15, -0.1) is 0 Å². The number of benzene rings is 1. The van der Waals surface area contributed by atoms with E-state index >= 15 is 0 Å². The first kappa shape index (κ1) is 18.2. The lowest BCUT2D eigenvalue weighted by molar-refractivity contribution is -0.141. The molecule has 0 saturated carbocycles. The minimum Gasteiger partial charge on any atom is -0.481 e. The lowest BCUT2D eigenvalue weighted by Crippen LogP contribution is -2.38. The molecule has 5 nitrogen and oxygen atoms in total. The van der Waals surface area contributed by atoms with Crippen LogP contribution in [0.5, 0.6) is 0 Å². The van der Waals surface area contributed by atoms with Crippen LogP contribution in [0.25, 0.3) is 0 Å². The summed E-state index contributed by atoms with van der Waals surface area (Å²) in [7, 11) is 0. The molecule has 0 heterocycles. The van der Waals surface area contributed by atoms with Crippen molar-refractivity contribution in [3.8, 4) is 0 Å². The van der Waals surface area contributed by atoms with E-state index in [1.54, 1.807) is 17.9 Å². The highest BCUT2D eigenvalue weighted by atomic mass is 16.5. The molecule has 5 heteroatoms. The van der Waals surface area contributed by atoms with Gasteiger partial charge in [0, 0.05) is 31.9 Å². The van der Waals surface area contributed by atoms with Crippen LogP contribution in [0.4, 0.5) is 0 Å². The van der Waals surface area contributed by atoms with Crippen LogP contribution in [-0.4, -0.2) is 48.2 Å². The van der Waals surface area contributed by atoms with Crippen LogP contribution in [-0.2, 0) is 9.53 Å². The second kappa shape index (κ2) is 9.20. The van der Waals surface area contributed by atoms with Gasteiger partial charge >= 0.3 is 5.97 Å². The van der Waals surface area contributed by atoms with Gasteiger partial charge in [-0.1, -0.05) is 25.1 Å². The normalized spacial score (nSPS) is 12.0. The predicted molar refractivity (Wildman–Crippen MR) is 85.0 cm³/mol. The Labute approximate surface area is 131 Å². The number of carbonyl (C=O) groups is 2. The summed E-state index contributed by atoms with van der Waals surface area (Å²) < 4.78 is 5.29. The van der Waals surface area contributed by atoms with Gasteiger partial charge in [-0.2, -0.15) is 0 Å². The van der Waals surface area contributed by atoms with Crippen LogP contribution in [0.3, 0.4) is 0 Å². The number of aryl methyl sites for hydroxylation is 1. The molecule has 0 aliphatic rings. The quantitative estimate of drug-likeness (QED) is 0.712. The fraction of sp³-hybridized carbons (Fsp3) is 0.529. The van der Waals surface area contributed by atoms with Crippen molar-refractivity contribution in [1.29, 1.82) is 0 Å². The van der Waals surface area contributed by atoms with E-state index in [1.807, 2.05) is 32.0 Å². The van der Waals surface area contributed by atoms with E-state index in [0.717, 1.165) is 5.56 Å². The molecule has 0 aliphatic carbocycles. The molecule has 22 heavy (non-hydrogen) atoms. The topological polar surface area (TPSA) is 66.8 Å². The Morgan fingerprint density at radius 1 is 1.32 bits per heavy atom. The number of amides is 1. The van der Waals surface area contributed by atoms with Crippen molar-refractivity contribution in [2.45, 2.75) is 27.2 Å². The summed E-state index contributed by atoms with van der Waals surface area (Å²) in [5.74, 6) is -1.62. The Morgan fingerprint density at radius 3 is 2.59 bits per heavy atom. The third-order valence-corrected chi connectivity index (χ3v) is 3.50. The van der Waals surface area contributed by atoms with Gasteiger partial charge in [-0.05, 0) is 31.9 Å². The van der Waals surface area contributed by atoms with Crippen molar-refractivity contribution in [3.05, 3.63) is 35.4 Å². The summed E-state index contributed by atoms with van der Waals surface area (Å²) in [6.07, 6.45) is 0.692. The highest BCUT2D eigenvalue weighted by Crippen LogP contribution is 2.13. The molecular weight excluding hydrogens is 282 g/mol. The molecule has 0 bridgehead atoms. The molecule has 1 rings (SSSR count). The number of carboxylic acids is 1. The summed E-state index contributed by atoms with van der Waals surface area (Å²) in [6.45, 7) is 7.31. The Hall–Kier alpha value is -1.88. The van der Waals surface area contributed by atoms with E-state index in [-0.39, 0.29) is 12.5 Å². The number of nitrogens with zero attached hydrogens (tertiary/aromatic N) is 1. The van der Waals surface area contributed by atoms with Crippen LogP contribution in [0.1, 0.15) is 36.2 Å². The standard InChI is InChI=1S/C17H25NO4/c1-4-22-11-7-10-18(12-14(3)17(20)21)16(19)15-9-6-5-8-13(15)2/h5-6,8-9,14H,4,7,10-12H2,1-3H3,(H,20,21). The third kappa shape index (κ3) is 5.48. The van der Waals surface area contributed by atoms with E-state index in [1.165, 1.54) is 0 Å². The number of hydrogen-bond donors (Lipinski definition) is 1. The lowest BCUT2D eigenvalue weighted by Gasteiger charge is -2.25. The van der Waals surface area contributed by atoms with Gasteiger partial charge in [0.25, 0.3) is 5.91 Å². The Kier molecular flexibility index (Phi) is 7.60. The molecule has 0 aromatic heterocycles. The number of aliphatic carboxylic acids is 1. The zero-order chi connectivity index (χ0) is 16.5. The van der Waals surface area contributed by atoms with Crippen molar-refractivity contribution in [2.75, 3.05) is 26.3 Å². The van der Waals surface area contributed by atoms with Crippen molar-refractivity contribution in [3.63, 3.8) is 0 Å². The van der Waals surface area contributed by atoms with E-state index in [4.69, 9.17) is 9.84 Å². The second-order valence-electron chi connectivity index (χ2n) is 5.36. The minimum atomic E-state index is -0.896. The molecule has 0 spiro atoms. The zero-order valence-corrected chi connectivity index (χ0v) is 13.5. The molecule has 0 fully saturated rings. The maximum Gasteiger partial charge on any atom is 0.308 e. The molecule has 1 atom stereocenters. The summed E-state index contributed by atoms with van der Waals surface area (Å²) >= 11 is 0. The van der Waals surface area contributed by atoms with Gasteiger partial charge in [0.2, 0.25) is 0 Å². The molecule has 122 valence electrons. The molecule has 0 radical (unpaired) electrons. The average Bonchev–Trinajstić information content (AvgIpc) is 2.49. The van der Waals surface area contributed by atoms with Gasteiger partial charge < -0.3 is 14.7 Å². The maximum atomic E-state index is 12.7. The summed E-state index contributed by atoms with van der Waals surface area (Å²) in [5, 5.41) is 9.08. The van der Waals surface area contributed by atoms with Gasteiger partial charge in [0.05, 0.1) is 5.92 Å². The summed E-state index contributed by atoms with van der Waals surface area (Å²) in [4.78, 5) is 25.4. The molecule has 0 saturated heterocycles. The van der Waals surface area contributed by atoms with Gasteiger partial charge in [-0.3, -0.25) is 9.59 Å². The molecule has 1 aromatic rings. The minimum absolute atomic E-state index is 0.123. The Morgan fingerprint density at radius 2 is 2.00 bits per heavy atom. The number of hydrogen-bond acceptors (Lipinski definition) is 3.